The minimum Gasteiger partial charge on any atom is -0.477 e. The first-order valence-electron chi connectivity index (χ1n) is 6.75. The molecule has 106 valence electrons. The van der Waals surface area contributed by atoms with E-state index < -0.39 is 5.97 Å². The zero-order chi connectivity index (χ0) is 14.3. The van der Waals surface area contributed by atoms with E-state index >= 15 is 0 Å². The van der Waals surface area contributed by atoms with Crippen molar-refractivity contribution in [3.8, 4) is 0 Å². The van der Waals surface area contributed by atoms with Crippen LogP contribution in [0, 0.1) is 17.8 Å². The average molecular weight is 283 g/mol. The molecule has 2 atom stereocenters. The highest BCUT2D eigenvalue weighted by atomic mass is 32.2. The van der Waals surface area contributed by atoms with Crippen LogP contribution in [0.3, 0.4) is 0 Å². The van der Waals surface area contributed by atoms with Gasteiger partial charge in [0.25, 0.3) is 0 Å². The lowest BCUT2D eigenvalue weighted by Gasteiger charge is -2.50. The molecule has 0 spiro atoms. The number of rotatable bonds is 4. The molecule has 5 heteroatoms. The van der Waals surface area contributed by atoms with Crippen LogP contribution in [0.1, 0.15) is 34.1 Å². The van der Waals surface area contributed by atoms with Crippen LogP contribution in [-0.2, 0) is 9.59 Å². The normalized spacial score (nSPS) is 26.8. The maximum Gasteiger partial charge on any atom is 0.352 e. The second-order valence-electron chi connectivity index (χ2n) is 5.98. The van der Waals surface area contributed by atoms with Gasteiger partial charge < -0.3 is 5.11 Å². The van der Waals surface area contributed by atoms with Crippen LogP contribution >= 0.6 is 11.8 Å². The Balaban J connectivity index is 2.28. The van der Waals surface area contributed by atoms with Gasteiger partial charge >= 0.3 is 5.97 Å². The van der Waals surface area contributed by atoms with Crippen molar-refractivity contribution in [2.45, 2.75) is 39.5 Å². The molecule has 0 unspecified atom stereocenters. The van der Waals surface area contributed by atoms with Crippen LogP contribution in [0.15, 0.2) is 11.3 Å². The van der Waals surface area contributed by atoms with Gasteiger partial charge in [0.05, 0.1) is 11.3 Å². The van der Waals surface area contributed by atoms with Crippen molar-refractivity contribution in [3.05, 3.63) is 11.3 Å². The zero-order valence-electron chi connectivity index (χ0n) is 11.8. The number of hydrogen-bond donors (Lipinski definition) is 1. The molecular weight excluding hydrogens is 262 g/mol. The molecule has 0 aliphatic carbocycles. The van der Waals surface area contributed by atoms with Gasteiger partial charge in [0.1, 0.15) is 5.70 Å². The van der Waals surface area contributed by atoms with E-state index in [1.54, 1.807) is 11.8 Å². The number of fused-ring (bicyclic) bond motifs is 1. The van der Waals surface area contributed by atoms with E-state index in [0.29, 0.717) is 5.92 Å². The number of carboxylic acid groups (broad SMARTS) is 1. The van der Waals surface area contributed by atoms with Gasteiger partial charge in [0.2, 0.25) is 5.91 Å². The Labute approximate surface area is 118 Å². The lowest BCUT2D eigenvalue weighted by Crippen LogP contribution is -2.61. The predicted octanol–water partition coefficient (Wildman–Crippen LogP) is 2.56. The lowest BCUT2D eigenvalue weighted by atomic mass is 9.87. The minimum atomic E-state index is -0.967. The number of carbonyl (C=O) groups excluding carboxylic acids is 1. The van der Waals surface area contributed by atoms with Crippen molar-refractivity contribution in [2.75, 3.05) is 5.75 Å². The summed E-state index contributed by atoms with van der Waals surface area (Å²) in [5.41, 5.74) is 1.12. The first-order chi connectivity index (χ1) is 8.84. The van der Waals surface area contributed by atoms with Crippen LogP contribution < -0.4 is 0 Å². The van der Waals surface area contributed by atoms with Gasteiger partial charge in [-0.05, 0) is 23.8 Å². The van der Waals surface area contributed by atoms with Crippen molar-refractivity contribution >= 4 is 23.6 Å². The van der Waals surface area contributed by atoms with E-state index in [4.69, 9.17) is 0 Å². The Bertz CT molecular complexity index is 442. The zero-order valence-corrected chi connectivity index (χ0v) is 12.7. The van der Waals surface area contributed by atoms with Crippen LogP contribution in [-0.4, -0.2) is 33.0 Å². The standard InChI is InChI=1S/C14H21NO3S/c1-7(2)5-9-12(16)15-11(14(17)18)10(8(3)4)6-19-13(9)15/h7-9,13H,5-6H2,1-4H3,(H,17,18)/t9-,13+/m0/s1. The Morgan fingerprint density at radius 3 is 2.53 bits per heavy atom. The molecule has 0 saturated carbocycles. The minimum absolute atomic E-state index is 0.00642. The third kappa shape index (κ3) is 2.40. The summed E-state index contributed by atoms with van der Waals surface area (Å²) in [7, 11) is 0. The number of β-lactam (4-membered cyclic amide) rings is 1. The van der Waals surface area contributed by atoms with Gasteiger partial charge in [-0.15, -0.1) is 11.8 Å². The Morgan fingerprint density at radius 1 is 1.42 bits per heavy atom. The monoisotopic (exact) mass is 283 g/mol. The van der Waals surface area contributed by atoms with E-state index in [1.807, 2.05) is 13.8 Å². The largest absolute Gasteiger partial charge is 0.477 e. The highest BCUT2D eigenvalue weighted by molar-refractivity contribution is 8.00. The average Bonchev–Trinajstić information content (AvgIpc) is 2.33. The Kier molecular flexibility index (Phi) is 3.95. The molecule has 0 aromatic rings. The molecule has 2 aliphatic heterocycles. The van der Waals surface area contributed by atoms with Gasteiger partial charge in [-0.1, -0.05) is 27.7 Å². The first-order valence-corrected chi connectivity index (χ1v) is 7.80. The molecule has 2 rings (SSSR count). The summed E-state index contributed by atoms with van der Waals surface area (Å²) in [6, 6.07) is 0. The summed E-state index contributed by atoms with van der Waals surface area (Å²) < 4.78 is 0. The van der Waals surface area contributed by atoms with Crippen molar-refractivity contribution in [1.82, 2.24) is 4.90 Å². The Hall–Kier alpha value is -0.970. The number of hydrogen-bond acceptors (Lipinski definition) is 3. The quantitative estimate of drug-likeness (QED) is 0.806. The molecule has 1 amide bonds. The molecule has 2 heterocycles. The summed E-state index contributed by atoms with van der Waals surface area (Å²) in [6.45, 7) is 8.15. The van der Waals surface area contributed by atoms with Crippen molar-refractivity contribution < 1.29 is 14.7 Å². The van der Waals surface area contributed by atoms with Gasteiger partial charge in [-0.25, -0.2) is 4.79 Å². The van der Waals surface area contributed by atoms with E-state index in [1.165, 1.54) is 4.90 Å². The number of thioether (sulfide) groups is 1. The molecule has 1 saturated heterocycles. The smallest absolute Gasteiger partial charge is 0.352 e. The fourth-order valence-electron chi connectivity index (χ4n) is 2.76. The molecular formula is C14H21NO3S. The van der Waals surface area contributed by atoms with Crippen molar-refractivity contribution in [2.24, 2.45) is 17.8 Å². The van der Waals surface area contributed by atoms with Gasteiger partial charge in [-0.3, -0.25) is 9.69 Å². The van der Waals surface area contributed by atoms with E-state index in [-0.39, 0.29) is 28.8 Å². The Morgan fingerprint density at radius 2 is 2.05 bits per heavy atom. The first kappa shape index (κ1) is 14.4. The fraction of sp³-hybridized carbons (Fsp3) is 0.714. The number of amides is 1. The maximum absolute atomic E-state index is 12.2. The number of nitrogens with zero attached hydrogens (tertiary/aromatic N) is 1. The second-order valence-corrected chi connectivity index (χ2v) is 7.08. The topological polar surface area (TPSA) is 57.6 Å². The van der Waals surface area contributed by atoms with E-state index in [2.05, 4.69) is 13.8 Å². The number of carbonyl (C=O) groups is 2. The predicted molar refractivity (Wildman–Crippen MR) is 75.5 cm³/mol. The van der Waals surface area contributed by atoms with E-state index in [9.17, 15) is 14.7 Å². The van der Waals surface area contributed by atoms with Crippen molar-refractivity contribution in [3.63, 3.8) is 0 Å². The molecule has 0 aromatic carbocycles. The molecule has 1 N–H and O–H groups in total. The maximum atomic E-state index is 12.2. The number of aliphatic carboxylic acids is 1. The molecule has 0 aromatic heterocycles. The van der Waals surface area contributed by atoms with Crippen LogP contribution in [0.2, 0.25) is 0 Å². The van der Waals surface area contributed by atoms with Crippen molar-refractivity contribution in [1.29, 1.82) is 0 Å². The SMILES string of the molecule is CC(C)C[C@H]1C(=O)N2C(C(=O)O)=C(C(C)C)CS[C@H]12. The van der Waals surface area contributed by atoms with Crippen LogP contribution in [0.25, 0.3) is 0 Å². The summed E-state index contributed by atoms with van der Waals surface area (Å²) in [6.07, 6.45) is 0.844. The molecule has 19 heavy (non-hydrogen) atoms. The van der Waals surface area contributed by atoms with Gasteiger partial charge in [0.15, 0.2) is 0 Å². The third-order valence-electron chi connectivity index (χ3n) is 3.73. The third-order valence-corrected chi connectivity index (χ3v) is 5.09. The van der Waals surface area contributed by atoms with Crippen LogP contribution in [0.4, 0.5) is 0 Å². The molecule has 0 bridgehead atoms. The lowest BCUT2D eigenvalue weighted by molar-refractivity contribution is -0.153. The molecule has 4 nitrogen and oxygen atoms in total. The fourth-order valence-corrected chi connectivity index (χ4v) is 4.39. The number of carboxylic acids is 1. The van der Waals surface area contributed by atoms with Gasteiger partial charge in [-0.2, -0.15) is 0 Å². The summed E-state index contributed by atoms with van der Waals surface area (Å²) >= 11 is 1.71. The van der Waals surface area contributed by atoms with Crippen LogP contribution in [0.5, 0.6) is 0 Å². The second kappa shape index (κ2) is 5.19. The highest BCUT2D eigenvalue weighted by Gasteiger charge is 2.53. The van der Waals surface area contributed by atoms with E-state index in [0.717, 1.165) is 17.7 Å². The molecule has 2 aliphatic rings. The molecule has 0 radical (unpaired) electrons. The summed E-state index contributed by atoms with van der Waals surface area (Å²) in [5, 5.41) is 9.44. The van der Waals surface area contributed by atoms with Gasteiger partial charge in [0, 0.05) is 5.75 Å². The highest BCUT2D eigenvalue weighted by Crippen LogP contribution is 2.47. The molecule has 1 fully saturated rings. The summed E-state index contributed by atoms with van der Waals surface area (Å²) in [4.78, 5) is 25.2. The summed E-state index contributed by atoms with van der Waals surface area (Å²) in [5.74, 6) is 0.360.